The van der Waals surface area contributed by atoms with Crippen molar-refractivity contribution in [3.63, 3.8) is 0 Å². The van der Waals surface area contributed by atoms with E-state index in [0.29, 0.717) is 39.4 Å². The number of carbonyl (C=O) groups is 3. The lowest BCUT2D eigenvalue weighted by atomic mass is 10.1. The molecule has 0 aliphatic carbocycles. The number of amides is 3. The zero-order chi connectivity index (χ0) is 23.8. The van der Waals surface area contributed by atoms with Gasteiger partial charge in [0.2, 0.25) is 5.91 Å². The van der Waals surface area contributed by atoms with Gasteiger partial charge in [-0.25, -0.2) is 0 Å². The Morgan fingerprint density at radius 2 is 1.88 bits per heavy atom. The molecule has 0 radical (unpaired) electrons. The van der Waals surface area contributed by atoms with E-state index >= 15 is 0 Å². The Kier molecular flexibility index (Phi) is 6.44. The molecule has 1 N–H and O–H groups in total. The molecule has 2 fully saturated rings. The summed E-state index contributed by atoms with van der Waals surface area (Å²) in [6.45, 7) is 0.833. The number of rotatable bonds is 5. The smallest absolute Gasteiger partial charge is 0.267 e. The topological polar surface area (TPSA) is 79.0 Å². The first-order valence-corrected chi connectivity index (χ1v) is 12.4. The van der Waals surface area contributed by atoms with E-state index in [1.807, 2.05) is 0 Å². The molecule has 34 heavy (non-hydrogen) atoms. The van der Waals surface area contributed by atoms with Gasteiger partial charge in [-0.05, 0) is 31.0 Å². The number of hydrogen-bond donors (Lipinski definition) is 1. The molecule has 3 aliphatic rings. The zero-order valence-corrected chi connectivity index (χ0v) is 20.3. The van der Waals surface area contributed by atoms with Gasteiger partial charge in [0.1, 0.15) is 10.9 Å². The summed E-state index contributed by atoms with van der Waals surface area (Å²) in [5, 5.41) is 3.14. The average Bonchev–Trinajstić information content (AvgIpc) is 3.50. The molecular formula is C24H20ClN3O4S2. The first-order valence-electron chi connectivity index (χ1n) is 10.8. The Labute approximate surface area is 211 Å². The summed E-state index contributed by atoms with van der Waals surface area (Å²) < 4.78 is 6.07. The normalized spacial score (nSPS) is 22.0. The number of fused-ring (bicyclic) bond motifs is 1. The van der Waals surface area contributed by atoms with Gasteiger partial charge in [-0.1, -0.05) is 65.9 Å². The van der Waals surface area contributed by atoms with Crippen molar-refractivity contribution in [3.8, 4) is 0 Å². The van der Waals surface area contributed by atoms with Crippen LogP contribution in [0.1, 0.15) is 18.4 Å². The highest BCUT2D eigenvalue weighted by atomic mass is 35.5. The fraction of sp³-hybridized carbons (Fsp3) is 0.250. The second-order valence-corrected chi connectivity index (χ2v) is 10.1. The van der Waals surface area contributed by atoms with E-state index < -0.39 is 11.8 Å². The molecular weight excluding hydrogens is 494 g/mol. The average molecular weight is 514 g/mol. The van der Waals surface area contributed by atoms with Gasteiger partial charge >= 0.3 is 0 Å². The van der Waals surface area contributed by atoms with Crippen molar-refractivity contribution in [3.05, 3.63) is 64.0 Å². The predicted octanol–water partition coefficient (Wildman–Crippen LogP) is 4.08. The Morgan fingerprint density at radius 1 is 1.12 bits per heavy atom. The molecule has 3 heterocycles. The van der Waals surface area contributed by atoms with Crippen molar-refractivity contribution in [1.29, 1.82) is 0 Å². The van der Waals surface area contributed by atoms with Crippen molar-refractivity contribution >= 4 is 74.6 Å². The molecule has 2 saturated heterocycles. The van der Waals surface area contributed by atoms with E-state index in [1.165, 1.54) is 9.80 Å². The largest absolute Gasteiger partial charge is 0.376 e. The number of carbonyl (C=O) groups excluding carboxylic acids is 3. The standard InChI is InChI=1S/C24H20ClN3O4S2/c25-16-8-2-3-9-17(16)26-19(29)13-27-18-10-4-1-7-15(18)20(22(27)30)21-23(31)28(24(33)34-21)12-14-6-5-11-32-14/h1-4,7-10,14H,5-6,11-13H2,(H,26,29)/b21-20-/t14-/m1/s1. The van der Waals surface area contributed by atoms with Crippen molar-refractivity contribution in [1.82, 2.24) is 4.90 Å². The van der Waals surface area contributed by atoms with Gasteiger partial charge in [-0.3, -0.25) is 24.2 Å². The molecule has 1 atom stereocenters. The molecule has 2 aromatic carbocycles. The second-order valence-electron chi connectivity index (χ2n) is 8.06. The molecule has 0 bridgehead atoms. The number of benzene rings is 2. The van der Waals surface area contributed by atoms with Crippen LogP contribution in [-0.4, -0.2) is 52.7 Å². The maximum Gasteiger partial charge on any atom is 0.267 e. The summed E-state index contributed by atoms with van der Waals surface area (Å²) in [5.74, 6) is -1.11. The van der Waals surface area contributed by atoms with Gasteiger partial charge in [0.25, 0.3) is 11.8 Å². The summed E-state index contributed by atoms with van der Waals surface area (Å²) >= 11 is 12.7. The maximum atomic E-state index is 13.5. The molecule has 10 heteroatoms. The van der Waals surface area contributed by atoms with Crippen molar-refractivity contribution in [2.75, 3.05) is 29.9 Å². The van der Waals surface area contributed by atoms with Crippen LogP contribution in [-0.2, 0) is 19.1 Å². The van der Waals surface area contributed by atoms with E-state index in [9.17, 15) is 14.4 Å². The minimum absolute atomic E-state index is 0.0524. The van der Waals surface area contributed by atoms with Gasteiger partial charge in [0, 0.05) is 12.2 Å². The number of thioether (sulfide) groups is 1. The molecule has 3 aliphatic heterocycles. The minimum Gasteiger partial charge on any atom is -0.376 e. The van der Waals surface area contributed by atoms with Crippen molar-refractivity contribution < 1.29 is 19.1 Å². The molecule has 7 nitrogen and oxygen atoms in total. The van der Waals surface area contributed by atoms with Gasteiger partial charge in [-0.15, -0.1) is 0 Å². The highest BCUT2D eigenvalue weighted by Crippen LogP contribution is 2.44. The number of hydrogen-bond acceptors (Lipinski definition) is 6. The SMILES string of the molecule is O=C(CN1C(=O)/C(=C2\SC(=S)N(C[C@H]3CCCO3)C2=O)c2ccccc21)Nc1ccccc1Cl. The van der Waals surface area contributed by atoms with Crippen LogP contribution in [0.25, 0.3) is 5.57 Å². The number of nitrogens with zero attached hydrogens (tertiary/aromatic N) is 2. The highest BCUT2D eigenvalue weighted by molar-refractivity contribution is 8.26. The van der Waals surface area contributed by atoms with E-state index in [1.54, 1.807) is 48.5 Å². The van der Waals surface area contributed by atoms with Crippen LogP contribution >= 0.6 is 35.6 Å². The molecule has 0 saturated carbocycles. The van der Waals surface area contributed by atoms with E-state index in [4.69, 9.17) is 28.6 Å². The predicted molar refractivity (Wildman–Crippen MR) is 137 cm³/mol. The van der Waals surface area contributed by atoms with Crippen molar-refractivity contribution in [2.45, 2.75) is 18.9 Å². The molecule has 0 unspecified atom stereocenters. The molecule has 5 rings (SSSR count). The Hall–Kier alpha value is -2.72. The number of anilines is 2. The lowest BCUT2D eigenvalue weighted by Gasteiger charge is -2.18. The molecule has 174 valence electrons. The van der Waals surface area contributed by atoms with E-state index in [0.717, 1.165) is 24.6 Å². The fourth-order valence-corrected chi connectivity index (χ4v) is 5.78. The monoisotopic (exact) mass is 513 g/mol. The van der Waals surface area contributed by atoms with Crippen LogP contribution in [0, 0.1) is 0 Å². The van der Waals surface area contributed by atoms with Crippen LogP contribution in [0.3, 0.4) is 0 Å². The van der Waals surface area contributed by atoms with Crippen LogP contribution in [0.15, 0.2) is 53.4 Å². The van der Waals surface area contributed by atoms with Gasteiger partial charge in [-0.2, -0.15) is 0 Å². The number of thiocarbonyl (C=S) groups is 1. The molecule has 3 amide bonds. The van der Waals surface area contributed by atoms with Gasteiger partial charge < -0.3 is 10.1 Å². The lowest BCUT2D eigenvalue weighted by Crippen LogP contribution is -2.36. The molecule has 2 aromatic rings. The van der Waals surface area contributed by atoms with E-state index in [-0.39, 0.29) is 29.0 Å². The summed E-state index contributed by atoms with van der Waals surface area (Å²) in [4.78, 5) is 42.8. The Morgan fingerprint density at radius 3 is 2.65 bits per heavy atom. The van der Waals surface area contributed by atoms with Crippen LogP contribution in [0.4, 0.5) is 11.4 Å². The van der Waals surface area contributed by atoms with Crippen LogP contribution in [0.2, 0.25) is 5.02 Å². The Balaban J connectivity index is 1.42. The van der Waals surface area contributed by atoms with Crippen molar-refractivity contribution in [2.24, 2.45) is 0 Å². The van der Waals surface area contributed by atoms with Crippen LogP contribution in [0.5, 0.6) is 0 Å². The number of para-hydroxylation sites is 2. The summed E-state index contributed by atoms with van der Waals surface area (Å²) in [7, 11) is 0. The number of nitrogens with one attached hydrogen (secondary N) is 1. The summed E-state index contributed by atoms with van der Waals surface area (Å²) in [6.07, 6.45) is 1.78. The lowest BCUT2D eigenvalue weighted by molar-refractivity contribution is -0.123. The third-order valence-electron chi connectivity index (χ3n) is 5.86. The third kappa shape index (κ3) is 4.24. The third-order valence-corrected chi connectivity index (χ3v) is 7.64. The maximum absolute atomic E-state index is 13.5. The van der Waals surface area contributed by atoms with Gasteiger partial charge in [0.05, 0.1) is 39.5 Å². The first kappa shape index (κ1) is 23.0. The zero-order valence-electron chi connectivity index (χ0n) is 18.0. The number of halogens is 1. The van der Waals surface area contributed by atoms with Crippen LogP contribution < -0.4 is 10.2 Å². The van der Waals surface area contributed by atoms with Gasteiger partial charge in [0.15, 0.2) is 0 Å². The Bertz CT molecular complexity index is 1240. The quantitative estimate of drug-likeness (QED) is 0.479. The molecule has 0 spiro atoms. The summed E-state index contributed by atoms with van der Waals surface area (Å²) in [6, 6.07) is 14.0. The molecule has 0 aromatic heterocycles. The minimum atomic E-state index is -0.409. The second kappa shape index (κ2) is 9.50. The number of ether oxygens (including phenoxy) is 1. The fourth-order valence-electron chi connectivity index (χ4n) is 4.25. The highest BCUT2D eigenvalue weighted by Gasteiger charge is 2.43. The first-order chi connectivity index (χ1) is 16.4. The summed E-state index contributed by atoms with van der Waals surface area (Å²) in [5.41, 5.74) is 1.91. The van der Waals surface area contributed by atoms with E-state index in [2.05, 4.69) is 5.32 Å².